The van der Waals surface area contributed by atoms with Crippen molar-refractivity contribution in [3.05, 3.63) is 66.5 Å². The van der Waals surface area contributed by atoms with E-state index in [1.165, 1.54) is 11.9 Å². The second kappa shape index (κ2) is 10.3. The van der Waals surface area contributed by atoms with E-state index in [4.69, 9.17) is 19.0 Å². The third kappa shape index (κ3) is 5.21. The molecule has 2 aromatic carbocycles. The highest BCUT2D eigenvalue weighted by Crippen LogP contribution is 2.43. The SMILES string of the molecule is CCc1ccc(-c2c(-c3ccccc3)oc3ncnc(OC(C)CCOCC(=O)O)c23)cc1. The molecule has 0 amide bonds. The number of hydrogen-bond acceptors (Lipinski definition) is 6. The first-order valence-electron chi connectivity index (χ1n) is 10.9. The van der Waals surface area contributed by atoms with Crippen LogP contribution >= 0.6 is 0 Å². The molecule has 7 heteroatoms. The lowest BCUT2D eigenvalue weighted by molar-refractivity contribution is -0.142. The second-order valence-electron chi connectivity index (χ2n) is 7.75. The van der Waals surface area contributed by atoms with Gasteiger partial charge in [0.05, 0.1) is 12.7 Å². The minimum atomic E-state index is -0.994. The van der Waals surface area contributed by atoms with E-state index in [1.807, 2.05) is 37.3 Å². The number of nitrogens with zero attached hydrogens (tertiary/aromatic N) is 2. The Balaban J connectivity index is 1.74. The number of benzene rings is 2. The van der Waals surface area contributed by atoms with Crippen LogP contribution in [0.3, 0.4) is 0 Å². The zero-order chi connectivity index (χ0) is 23.2. The first kappa shape index (κ1) is 22.5. The lowest BCUT2D eigenvalue weighted by atomic mass is 9.98. The van der Waals surface area contributed by atoms with Gasteiger partial charge in [-0.15, -0.1) is 0 Å². The third-order valence-electron chi connectivity index (χ3n) is 5.35. The highest BCUT2D eigenvalue weighted by Gasteiger charge is 2.23. The standard InChI is InChI=1S/C26H26N2O5/c1-3-18-9-11-19(12-10-18)22-23-25(32-17(2)13-14-31-15-21(29)30)27-16-28-26(23)33-24(22)20-7-5-4-6-8-20/h4-12,16-17H,3,13-15H2,1-2H3,(H,29,30). The minimum Gasteiger partial charge on any atom is -0.480 e. The molecule has 0 aliphatic heterocycles. The normalized spacial score (nSPS) is 12.1. The van der Waals surface area contributed by atoms with Crippen LogP contribution in [0.15, 0.2) is 65.3 Å². The molecule has 0 spiro atoms. The van der Waals surface area contributed by atoms with Gasteiger partial charge in [0.15, 0.2) is 0 Å². The molecular weight excluding hydrogens is 420 g/mol. The predicted molar refractivity (Wildman–Crippen MR) is 125 cm³/mol. The molecule has 0 fully saturated rings. The summed E-state index contributed by atoms with van der Waals surface area (Å²) < 4.78 is 17.5. The molecule has 4 aromatic rings. The number of aliphatic carboxylic acids is 1. The van der Waals surface area contributed by atoms with Gasteiger partial charge in [-0.1, -0.05) is 61.5 Å². The quantitative estimate of drug-likeness (QED) is 0.327. The van der Waals surface area contributed by atoms with Crippen LogP contribution < -0.4 is 4.74 Å². The van der Waals surface area contributed by atoms with Crippen LogP contribution in [0.1, 0.15) is 25.8 Å². The number of aromatic nitrogens is 2. The molecule has 0 aliphatic rings. The van der Waals surface area contributed by atoms with Crippen LogP contribution in [0.2, 0.25) is 0 Å². The highest BCUT2D eigenvalue weighted by molar-refractivity contribution is 6.03. The average Bonchev–Trinajstić information content (AvgIpc) is 3.23. The van der Waals surface area contributed by atoms with E-state index in [0.717, 1.165) is 23.1 Å². The van der Waals surface area contributed by atoms with Crippen LogP contribution in [0.5, 0.6) is 5.88 Å². The van der Waals surface area contributed by atoms with E-state index >= 15 is 0 Å². The monoisotopic (exact) mass is 446 g/mol. The Morgan fingerprint density at radius 3 is 2.52 bits per heavy atom. The van der Waals surface area contributed by atoms with Crippen molar-refractivity contribution in [1.29, 1.82) is 0 Å². The molecule has 33 heavy (non-hydrogen) atoms. The van der Waals surface area contributed by atoms with Crippen LogP contribution in [0.25, 0.3) is 33.6 Å². The molecule has 0 bridgehead atoms. The van der Waals surface area contributed by atoms with Crippen molar-refractivity contribution < 1.29 is 23.8 Å². The van der Waals surface area contributed by atoms with Crippen molar-refractivity contribution in [3.8, 4) is 28.3 Å². The summed E-state index contributed by atoms with van der Waals surface area (Å²) in [4.78, 5) is 19.4. The number of furan rings is 1. The van der Waals surface area contributed by atoms with Crippen molar-refractivity contribution >= 4 is 17.1 Å². The zero-order valence-corrected chi connectivity index (χ0v) is 18.7. The van der Waals surface area contributed by atoms with E-state index < -0.39 is 5.97 Å². The molecule has 0 aliphatic carbocycles. The number of fused-ring (bicyclic) bond motifs is 1. The van der Waals surface area contributed by atoms with Crippen molar-refractivity contribution in [3.63, 3.8) is 0 Å². The van der Waals surface area contributed by atoms with Crippen LogP contribution in [-0.2, 0) is 16.0 Å². The number of carbonyl (C=O) groups is 1. The van der Waals surface area contributed by atoms with Gasteiger partial charge < -0.3 is 19.0 Å². The smallest absolute Gasteiger partial charge is 0.329 e. The molecule has 0 saturated carbocycles. The topological polar surface area (TPSA) is 94.7 Å². The molecular formula is C26H26N2O5. The summed E-state index contributed by atoms with van der Waals surface area (Å²) in [6.07, 6.45) is 2.65. The third-order valence-corrected chi connectivity index (χ3v) is 5.35. The Morgan fingerprint density at radius 1 is 1.06 bits per heavy atom. The molecule has 0 saturated heterocycles. The van der Waals surface area contributed by atoms with Crippen molar-refractivity contribution in [2.24, 2.45) is 0 Å². The van der Waals surface area contributed by atoms with Crippen molar-refractivity contribution in [1.82, 2.24) is 9.97 Å². The van der Waals surface area contributed by atoms with Gasteiger partial charge in [0.1, 0.15) is 24.1 Å². The maximum atomic E-state index is 10.6. The molecule has 4 rings (SSSR count). The number of hydrogen-bond donors (Lipinski definition) is 1. The van der Waals surface area contributed by atoms with Crippen LogP contribution in [0.4, 0.5) is 0 Å². The summed E-state index contributed by atoms with van der Waals surface area (Å²) in [6.45, 7) is 3.96. The fourth-order valence-electron chi connectivity index (χ4n) is 3.63. The summed E-state index contributed by atoms with van der Waals surface area (Å²) >= 11 is 0. The molecule has 1 N–H and O–H groups in total. The summed E-state index contributed by atoms with van der Waals surface area (Å²) in [6, 6.07) is 18.3. The van der Waals surface area contributed by atoms with Crippen molar-refractivity contribution in [2.45, 2.75) is 32.8 Å². The van der Waals surface area contributed by atoms with Gasteiger partial charge in [0.25, 0.3) is 0 Å². The fourth-order valence-corrected chi connectivity index (χ4v) is 3.63. The molecule has 1 atom stereocenters. The summed E-state index contributed by atoms with van der Waals surface area (Å²) in [5, 5.41) is 9.42. The van der Waals surface area contributed by atoms with E-state index in [1.54, 1.807) is 0 Å². The predicted octanol–water partition coefficient (Wildman–Crippen LogP) is 5.38. The number of aryl methyl sites for hydroxylation is 1. The zero-order valence-electron chi connectivity index (χ0n) is 18.7. The first-order chi connectivity index (χ1) is 16.1. The van der Waals surface area contributed by atoms with Gasteiger partial charge in [-0.25, -0.2) is 14.8 Å². The largest absolute Gasteiger partial charge is 0.480 e. The fraction of sp³-hybridized carbons (Fsp3) is 0.269. The van der Waals surface area contributed by atoms with Crippen LogP contribution in [-0.4, -0.2) is 40.4 Å². The Kier molecular flexibility index (Phi) is 7.00. The highest BCUT2D eigenvalue weighted by atomic mass is 16.5. The second-order valence-corrected chi connectivity index (χ2v) is 7.75. The Hall–Kier alpha value is -3.71. The van der Waals surface area contributed by atoms with E-state index in [9.17, 15) is 4.79 Å². The van der Waals surface area contributed by atoms with Crippen molar-refractivity contribution in [2.75, 3.05) is 13.2 Å². The van der Waals surface area contributed by atoms with Gasteiger partial charge in [0, 0.05) is 17.5 Å². The molecule has 2 aromatic heterocycles. The Bertz CT molecular complexity index is 1220. The first-order valence-corrected chi connectivity index (χ1v) is 10.9. The molecule has 170 valence electrons. The van der Waals surface area contributed by atoms with E-state index in [2.05, 4.69) is 41.2 Å². The lowest BCUT2D eigenvalue weighted by Gasteiger charge is -2.14. The number of ether oxygens (including phenoxy) is 2. The maximum absolute atomic E-state index is 10.6. The summed E-state index contributed by atoms with van der Waals surface area (Å²) in [5.74, 6) is 0.135. The molecule has 1 unspecified atom stereocenters. The Labute approximate surface area is 192 Å². The van der Waals surface area contributed by atoms with Gasteiger partial charge in [0.2, 0.25) is 11.6 Å². The Morgan fingerprint density at radius 2 is 1.82 bits per heavy atom. The average molecular weight is 447 g/mol. The molecule has 2 heterocycles. The summed E-state index contributed by atoms with van der Waals surface area (Å²) in [7, 11) is 0. The van der Waals surface area contributed by atoms with Gasteiger partial charge in [-0.2, -0.15) is 0 Å². The summed E-state index contributed by atoms with van der Waals surface area (Å²) in [5.41, 5.74) is 4.50. The number of carboxylic acids is 1. The van der Waals surface area contributed by atoms with Gasteiger partial charge >= 0.3 is 5.97 Å². The number of rotatable bonds is 10. The minimum absolute atomic E-state index is 0.248. The van der Waals surface area contributed by atoms with Crippen LogP contribution in [0, 0.1) is 0 Å². The van der Waals surface area contributed by atoms with Gasteiger partial charge in [-0.3, -0.25) is 0 Å². The maximum Gasteiger partial charge on any atom is 0.329 e. The molecule has 7 nitrogen and oxygen atoms in total. The number of carboxylic acid groups (broad SMARTS) is 1. The van der Waals surface area contributed by atoms with E-state index in [-0.39, 0.29) is 19.3 Å². The van der Waals surface area contributed by atoms with Gasteiger partial charge in [-0.05, 0) is 24.5 Å². The molecule has 0 radical (unpaired) electrons. The lowest BCUT2D eigenvalue weighted by Crippen LogP contribution is -2.17. The van der Waals surface area contributed by atoms with E-state index in [0.29, 0.717) is 29.2 Å².